The lowest BCUT2D eigenvalue weighted by Gasteiger charge is -2.25. The summed E-state index contributed by atoms with van der Waals surface area (Å²) in [6.45, 7) is 3.67. The van der Waals surface area contributed by atoms with Crippen LogP contribution in [0, 0.1) is 0 Å². The first-order chi connectivity index (χ1) is 12.4. The molecule has 2 aliphatic heterocycles. The summed E-state index contributed by atoms with van der Waals surface area (Å²) in [7, 11) is 1.49. The maximum atomic E-state index is 12.3. The number of H-pyrrole nitrogens is 1. The molecule has 2 aliphatic rings. The average molecular weight is 369 g/mol. The van der Waals surface area contributed by atoms with E-state index in [1.165, 1.54) is 7.11 Å². The summed E-state index contributed by atoms with van der Waals surface area (Å²) in [5, 5.41) is 3.42. The Kier molecular flexibility index (Phi) is 5.14. The highest BCUT2D eigenvalue weighted by Crippen LogP contribution is 2.43. The monoisotopic (exact) mass is 369 g/mol. The molecule has 3 heterocycles. The molecule has 4 atom stereocenters. The molecule has 0 aliphatic carbocycles. The predicted molar refractivity (Wildman–Crippen MR) is 85.7 cm³/mol. The molecular formula is C14H19N5O7. The second-order valence-corrected chi connectivity index (χ2v) is 6.26. The second-order valence-electron chi connectivity index (χ2n) is 6.26. The van der Waals surface area contributed by atoms with Crippen LogP contribution < -0.4 is 11.2 Å². The van der Waals surface area contributed by atoms with Gasteiger partial charge in [-0.1, -0.05) is 0 Å². The van der Waals surface area contributed by atoms with Gasteiger partial charge in [0.15, 0.2) is 12.0 Å². The summed E-state index contributed by atoms with van der Waals surface area (Å²) in [5.74, 6) is -1.09. The van der Waals surface area contributed by atoms with Crippen LogP contribution in [0.5, 0.6) is 0 Å². The smallest absolute Gasteiger partial charge is 0.330 e. The molecule has 0 radical (unpaired) electrons. The van der Waals surface area contributed by atoms with Gasteiger partial charge in [0.1, 0.15) is 30.9 Å². The van der Waals surface area contributed by atoms with Crippen molar-refractivity contribution in [3.63, 3.8) is 0 Å². The molecule has 0 spiro atoms. The summed E-state index contributed by atoms with van der Waals surface area (Å²) >= 11 is 0. The largest absolute Gasteiger partial charge is 0.359 e. The minimum Gasteiger partial charge on any atom is -0.359 e. The van der Waals surface area contributed by atoms with Gasteiger partial charge < -0.3 is 23.7 Å². The molecule has 0 unspecified atom stereocenters. The van der Waals surface area contributed by atoms with Crippen molar-refractivity contribution in [1.82, 2.24) is 9.55 Å². The highest BCUT2D eigenvalue weighted by atomic mass is 16.8. The Balaban J connectivity index is 1.98. The van der Waals surface area contributed by atoms with Gasteiger partial charge >= 0.3 is 5.69 Å². The van der Waals surface area contributed by atoms with E-state index in [0.29, 0.717) is 0 Å². The van der Waals surface area contributed by atoms with Crippen molar-refractivity contribution in [3.05, 3.63) is 37.3 Å². The van der Waals surface area contributed by atoms with E-state index in [2.05, 4.69) is 15.0 Å². The molecular weight excluding hydrogens is 350 g/mol. The van der Waals surface area contributed by atoms with Crippen LogP contribution in [-0.4, -0.2) is 54.2 Å². The van der Waals surface area contributed by atoms with Gasteiger partial charge in [-0.05, 0) is 24.5 Å². The predicted octanol–water partition coefficient (Wildman–Crippen LogP) is 0.516. The van der Waals surface area contributed by atoms with E-state index < -0.39 is 41.6 Å². The molecule has 0 amide bonds. The van der Waals surface area contributed by atoms with Crippen molar-refractivity contribution >= 4 is 5.82 Å². The fraction of sp³-hybridized carbons (Fsp3) is 0.714. The van der Waals surface area contributed by atoms with Gasteiger partial charge in [0, 0.05) is 18.1 Å². The molecule has 1 N–H and O–H groups in total. The lowest BCUT2D eigenvalue weighted by Crippen LogP contribution is -2.37. The molecule has 0 aromatic carbocycles. The SMILES string of the molecule is COCOC[C@H]1O[C@@H](n2c(N=[N+]=[N-])cc(=O)[nH]c2=O)[C@@H]2OC(C)(C)O[C@@H]21. The molecule has 0 saturated carbocycles. The average Bonchev–Trinajstić information content (AvgIpc) is 3.02. The van der Waals surface area contributed by atoms with Crippen LogP contribution in [0.25, 0.3) is 10.4 Å². The van der Waals surface area contributed by atoms with Gasteiger partial charge in [0.2, 0.25) is 0 Å². The Labute approximate surface area is 147 Å². The van der Waals surface area contributed by atoms with Gasteiger partial charge in [-0.25, -0.2) is 4.79 Å². The van der Waals surface area contributed by atoms with Crippen LogP contribution in [0.15, 0.2) is 20.8 Å². The summed E-state index contributed by atoms with van der Waals surface area (Å²) in [6, 6.07) is 1.01. The minimum atomic E-state index is -0.970. The minimum absolute atomic E-state index is 0.0642. The van der Waals surface area contributed by atoms with Crippen molar-refractivity contribution in [2.45, 2.75) is 44.2 Å². The van der Waals surface area contributed by atoms with Gasteiger partial charge in [-0.15, -0.1) is 0 Å². The molecule has 1 aromatic heterocycles. The molecule has 2 saturated heterocycles. The lowest BCUT2D eigenvalue weighted by molar-refractivity contribution is -0.205. The van der Waals surface area contributed by atoms with Crippen LogP contribution in [-0.2, 0) is 23.7 Å². The maximum absolute atomic E-state index is 12.3. The molecule has 26 heavy (non-hydrogen) atoms. The number of azide groups is 1. The second kappa shape index (κ2) is 7.19. The van der Waals surface area contributed by atoms with Crippen molar-refractivity contribution in [2.75, 3.05) is 20.5 Å². The highest BCUT2D eigenvalue weighted by molar-refractivity contribution is 5.26. The first-order valence-electron chi connectivity index (χ1n) is 7.85. The number of ether oxygens (including phenoxy) is 5. The lowest BCUT2D eigenvalue weighted by atomic mass is 10.1. The molecule has 1 aromatic rings. The number of aromatic amines is 1. The Morgan fingerprint density at radius 1 is 1.38 bits per heavy atom. The zero-order chi connectivity index (χ0) is 18.9. The first-order valence-corrected chi connectivity index (χ1v) is 7.85. The summed E-state index contributed by atoms with van der Waals surface area (Å²) in [6.07, 6.45) is -2.72. The zero-order valence-corrected chi connectivity index (χ0v) is 14.4. The molecule has 12 heteroatoms. The normalized spacial score (nSPS) is 29.3. The Hall–Kier alpha value is -2.21. The fourth-order valence-electron chi connectivity index (χ4n) is 3.11. The first kappa shape index (κ1) is 18.6. The van der Waals surface area contributed by atoms with E-state index in [-0.39, 0.29) is 19.2 Å². The topological polar surface area (TPSA) is 150 Å². The number of methoxy groups -OCH3 is 1. The Bertz CT molecular complexity index is 828. The third-order valence-corrected chi connectivity index (χ3v) is 3.97. The standard InChI is InChI=1S/C14H19N5O7/c1-14(2)25-10-7(5-23-6-22-3)24-12(11(10)26-14)19-8(17-18-15)4-9(20)16-13(19)21/h4,7,10-12H,5-6H2,1-3H3,(H,16,20,21)/t7-,10-,11-,12-/m1/s1. The summed E-state index contributed by atoms with van der Waals surface area (Å²) in [4.78, 5) is 28.7. The van der Waals surface area contributed by atoms with E-state index in [0.717, 1.165) is 10.6 Å². The van der Waals surface area contributed by atoms with Crippen LogP contribution in [0.4, 0.5) is 5.82 Å². The Morgan fingerprint density at radius 3 is 2.81 bits per heavy atom. The number of rotatable bonds is 6. The summed E-state index contributed by atoms with van der Waals surface area (Å²) in [5.41, 5.74) is 7.26. The van der Waals surface area contributed by atoms with E-state index in [1.807, 2.05) is 0 Å². The van der Waals surface area contributed by atoms with Gasteiger partial charge in [-0.3, -0.25) is 14.3 Å². The molecule has 142 valence electrons. The van der Waals surface area contributed by atoms with E-state index in [4.69, 9.17) is 29.2 Å². The third kappa shape index (κ3) is 3.51. The third-order valence-electron chi connectivity index (χ3n) is 3.97. The van der Waals surface area contributed by atoms with Crippen LogP contribution >= 0.6 is 0 Å². The van der Waals surface area contributed by atoms with Crippen molar-refractivity contribution in [1.29, 1.82) is 0 Å². The van der Waals surface area contributed by atoms with Crippen LogP contribution in [0.2, 0.25) is 0 Å². The zero-order valence-electron chi connectivity index (χ0n) is 14.4. The molecule has 3 rings (SSSR count). The number of hydrogen-bond donors (Lipinski definition) is 1. The number of aromatic nitrogens is 2. The highest BCUT2D eigenvalue weighted by Gasteiger charge is 2.56. The van der Waals surface area contributed by atoms with Gasteiger partial charge in [0.05, 0.1) is 6.61 Å². The van der Waals surface area contributed by atoms with E-state index in [9.17, 15) is 9.59 Å². The number of hydrogen-bond acceptors (Lipinski definition) is 8. The van der Waals surface area contributed by atoms with Crippen molar-refractivity contribution in [3.8, 4) is 0 Å². The van der Waals surface area contributed by atoms with Gasteiger partial charge in [-0.2, -0.15) is 0 Å². The molecule has 2 fully saturated rings. The molecule has 12 nitrogen and oxygen atoms in total. The van der Waals surface area contributed by atoms with Crippen LogP contribution in [0.1, 0.15) is 20.1 Å². The van der Waals surface area contributed by atoms with E-state index >= 15 is 0 Å². The van der Waals surface area contributed by atoms with E-state index in [1.54, 1.807) is 13.8 Å². The quantitative estimate of drug-likeness (QED) is 0.252. The molecule has 0 bridgehead atoms. The number of fused-ring (bicyclic) bond motifs is 1. The number of nitrogens with one attached hydrogen (secondary N) is 1. The maximum Gasteiger partial charge on any atom is 0.330 e. The fourth-order valence-corrected chi connectivity index (χ4v) is 3.11. The van der Waals surface area contributed by atoms with Crippen LogP contribution in [0.3, 0.4) is 0 Å². The summed E-state index contributed by atoms with van der Waals surface area (Å²) < 4.78 is 28.9. The van der Waals surface area contributed by atoms with Crippen molar-refractivity contribution < 1.29 is 23.7 Å². The number of nitrogens with zero attached hydrogens (tertiary/aromatic N) is 4. The van der Waals surface area contributed by atoms with Crippen molar-refractivity contribution in [2.24, 2.45) is 5.11 Å². The van der Waals surface area contributed by atoms with Gasteiger partial charge in [0.25, 0.3) is 5.56 Å². The Morgan fingerprint density at radius 2 is 2.12 bits per heavy atom.